The van der Waals surface area contributed by atoms with Gasteiger partial charge in [-0.2, -0.15) is 5.10 Å². The van der Waals surface area contributed by atoms with Crippen LogP contribution in [0.15, 0.2) is 34.1 Å². The van der Waals surface area contributed by atoms with Gasteiger partial charge in [0.15, 0.2) is 0 Å². The van der Waals surface area contributed by atoms with E-state index in [0.717, 1.165) is 57.4 Å². The van der Waals surface area contributed by atoms with Crippen molar-refractivity contribution in [3.05, 3.63) is 44.7 Å². The number of methoxy groups -OCH3 is 1. The maximum Gasteiger partial charge on any atom is 0.144 e. The van der Waals surface area contributed by atoms with Crippen LogP contribution in [0.5, 0.6) is 5.75 Å². The van der Waals surface area contributed by atoms with E-state index in [0.29, 0.717) is 5.02 Å². The highest BCUT2D eigenvalue weighted by atomic mass is 79.9. The molecule has 3 heterocycles. The molecule has 0 saturated carbocycles. The molecule has 4 nitrogen and oxygen atoms in total. The maximum atomic E-state index is 6.25. The summed E-state index contributed by atoms with van der Waals surface area (Å²) in [7, 11) is 1.67. The molecule has 0 aliphatic carbocycles. The second-order valence-corrected chi connectivity index (χ2v) is 8.79. The van der Waals surface area contributed by atoms with E-state index in [9.17, 15) is 0 Å². The normalized spacial score (nSPS) is 13.9. The van der Waals surface area contributed by atoms with Gasteiger partial charge < -0.3 is 10.1 Å². The molecule has 2 aromatic heterocycles. The van der Waals surface area contributed by atoms with Crippen molar-refractivity contribution in [3.8, 4) is 22.0 Å². The molecule has 25 heavy (non-hydrogen) atoms. The zero-order valence-corrected chi connectivity index (χ0v) is 16.8. The molecule has 0 saturated heterocycles. The Hall–Kier alpha value is -1.50. The number of nitrogens with zero attached hydrogens (tertiary/aromatic N) is 2. The molecule has 3 aromatic rings. The first-order chi connectivity index (χ1) is 12.2. The number of fused-ring (bicyclic) bond motifs is 1. The van der Waals surface area contributed by atoms with Crippen LogP contribution in [-0.2, 0) is 6.42 Å². The fourth-order valence-corrected chi connectivity index (χ4v) is 4.71. The summed E-state index contributed by atoms with van der Waals surface area (Å²) < 4.78 is 8.59. The third kappa shape index (κ3) is 3.18. The molecule has 0 fully saturated rings. The van der Waals surface area contributed by atoms with Gasteiger partial charge in [0.2, 0.25) is 0 Å². The minimum absolute atomic E-state index is 0.661. The van der Waals surface area contributed by atoms with E-state index in [2.05, 4.69) is 33.4 Å². The molecule has 4 rings (SSSR count). The molecule has 130 valence electrons. The Morgan fingerprint density at radius 2 is 2.16 bits per heavy atom. The Labute approximate surface area is 163 Å². The number of hydrogen-bond donors (Lipinski definition) is 1. The maximum absolute atomic E-state index is 6.25. The fraction of sp³-hybridized carbons (Fsp3) is 0.278. The van der Waals surface area contributed by atoms with Crippen LogP contribution in [0.3, 0.4) is 0 Å². The van der Waals surface area contributed by atoms with Gasteiger partial charge in [-0.25, -0.2) is 4.68 Å². The average molecular weight is 439 g/mol. The lowest BCUT2D eigenvalue weighted by Crippen LogP contribution is -2.08. The van der Waals surface area contributed by atoms with Crippen molar-refractivity contribution in [1.29, 1.82) is 0 Å². The van der Waals surface area contributed by atoms with Crippen LogP contribution < -0.4 is 10.1 Å². The lowest BCUT2D eigenvalue weighted by atomic mass is 10.1. The Morgan fingerprint density at radius 3 is 2.92 bits per heavy atom. The highest BCUT2D eigenvalue weighted by molar-refractivity contribution is 9.11. The Morgan fingerprint density at radius 1 is 1.28 bits per heavy atom. The van der Waals surface area contributed by atoms with E-state index in [1.807, 2.05) is 22.9 Å². The lowest BCUT2D eigenvalue weighted by molar-refractivity contribution is 0.412. The first-order valence-corrected chi connectivity index (χ1v) is 10.1. The van der Waals surface area contributed by atoms with Crippen LogP contribution in [0.25, 0.3) is 16.3 Å². The SMILES string of the molecule is COc1ccc(Cl)cc1-n1nc(-c2ccc(Br)s2)c2c1NCCCC2. The van der Waals surface area contributed by atoms with Crippen molar-refractivity contribution in [2.75, 3.05) is 19.0 Å². The van der Waals surface area contributed by atoms with Crippen molar-refractivity contribution < 1.29 is 4.74 Å². The molecule has 1 N–H and O–H groups in total. The number of thiophene rings is 1. The predicted octanol–water partition coefficient (Wildman–Crippen LogP) is 5.77. The van der Waals surface area contributed by atoms with Gasteiger partial charge in [0, 0.05) is 17.1 Å². The van der Waals surface area contributed by atoms with Crippen molar-refractivity contribution in [2.45, 2.75) is 19.3 Å². The van der Waals surface area contributed by atoms with Crippen LogP contribution in [0.2, 0.25) is 5.02 Å². The van der Waals surface area contributed by atoms with Gasteiger partial charge in [0.25, 0.3) is 0 Å². The van der Waals surface area contributed by atoms with Gasteiger partial charge in [-0.15, -0.1) is 11.3 Å². The Kier molecular flexibility index (Phi) is 4.75. The molecule has 0 unspecified atom stereocenters. The monoisotopic (exact) mass is 437 g/mol. The second-order valence-electron chi connectivity index (χ2n) is 5.89. The molecule has 1 aliphatic heterocycles. The second kappa shape index (κ2) is 7.02. The van der Waals surface area contributed by atoms with Crippen LogP contribution in [-0.4, -0.2) is 23.4 Å². The van der Waals surface area contributed by atoms with E-state index < -0.39 is 0 Å². The van der Waals surface area contributed by atoms with Crippen molar-refractivity contribution >= 4 is 44.7 Å². The summed E-state index contributed by atoms with van der Waals surface area (Å²) in [6.45, 7) is 0.940. The molecule has 0 atom stereocenters. The molecular weight excluding hydrogens is 422 g/mol. The van der Waals surface area contributed by atoms with Crippen LogP contribution in [0, 0.1) is 0 Å². The highest BCUT2D eigenvalue weighted by Crippen LogP contribution is 2.39. The molecule has 0 radical (unpaired) electrons. The predicted molar refractivity (Wildman–Crippen MR) is 108 cm³/mol. The van der Waals surface area contributed by atoms with E-state index in [1.54, 1.807) is 18.4 Å². The smallest absolute Gasteiger partial charge is 0.144 e. The van der Waals surface area contributed by atoms with Gasteiger partial charge in [-0.1, -0.05) is 11.6 Å². The van der Waals surface area contributed by atoms with E-state index in [1.165, 1.54) is 5.56 Å². The molecular formula is C18H17BrClN3OS. The standard InChI is InChI=1S/C18H17BrClN3OS/c1-24-14-6-5-11(20)10-13(14)23-18-12(4-2-3-9-21-18)17(22-23)15-7-8-16(19)25-15/h5-8,10,21H,2-4,9H2,1H3. The molecule has 7 heteroatoms. The first kappa shape index (κ1) is 16.9. The van der Waals surface area contributed by atoms with Gasteiger partial charge >= 0.3 is 0 Å². The molecule has 1 aromatic carbocycles. The summed E-state index contributed by atoms with van der Waals surface area (Å²) in [6.07, 6.45) is 3.31. The molecule has 1 aliphatic rings. The van der Waals surface area contributed by atoms with Gasteiger partial charge in [-0.3, -0.25) is 0 Å². The van der Waals surface area contributed by atoms with E-state index in [-0.39, 0.29) is 0 Å². The van der Waals surface area contributed by atoms with E-state index in [4.69, 9.17) is 21.4 Å². The number of nitrogens with one attached hydrogen (secondary N) is 1. The summed E-state index contributed by atoms with van der Waals surface area (Å²) >= 11 is 11.5. The van der Waals surface area contributed by atoms with E-state index >= 15 is 0 Å². The third-order valence-corrected chi connectivity index (χ3v) is 6.17. The number of benzene rings is 1. The van der Waals surface area contributed by atoms with Crippen molar-refractivity contribution in [3.63, 3.8) is 0 Å². The summed E-state index contributed by atoms with van der Waals surface area (Å²) in [5.74, 6) is 1.79. The topological polar surface area (TPSA) is 39.1 Å². The average Bonchev–Trinajstić information content (AvgIpc) is 3.10. The summed E-state index contributed by atoms with van der Waals surface area (Å²) in [5.41, 5.74) is 3.14. The number of rotatable bonds is 3. The number of ether oxygens (including phenoxy) is 1. The summed E-state index contributed by atoms with van der Waals surface area (Å²) in [4.78, 5) is 1.16. The largest absolute Gasteiger partial charge is 0.494 e. The molecule has 0 bridgehead atoms. The zero-order chi connectivity index (χ0) is 17.4. The van der Waals surface area contributed by atoms with Crippen LogP contribution in [0.1, 0.15) is 18.4 Å². The van der Waals surface area contributed by atoms with Gasteiger partial charge in [0.05, 0.1) is 15.8 Å². The quantitative estimate of drug-likeness (QED) is 0.564. The summed E-state index contributed by atoms with van der Waals surface area (Å²) in [5, 5.41) is 9.16. The highest BCUT2D eigenvalue weighted by Gasteiger charge is 2.24. The minimum Gasteiger partial charge on any atom is -0.494 e. The van der Waals surface area contributed by atoms with Crippen molar-refractivity contribution in [1.82, 2.24) is 9.78 Å². The zero-order valence-electron chi connectivity index (χ0n) is 13.7. The molecule has 0 amide bonds. The summed E-state index contributed by atoms with van der Waals surface area (Å²) in [6, 6.07) is 9.78. The minimum atomic E-state index is 0.661. The fourth-order valence-electron chi connectivity index (χ4n) is 3.14. The van der Waals surface area contributed by atoms with Crippen LogP contribution in [0.4, 0.5) is 5.82 Å². The Balaban J connectivity index is 1.94. The number of halogens is 2. The third-order valence-electron chi connectivity index (χ3n) is 4.31. The van der Waals surface area contributed by atoms with Crippen LogP contribution >= 0.6 is 38.9 Å². The first-order valence-electron chi connectivity index (χ1n) is 8.13. The number of anilines is 1. The van der Waals surface area contributed by atoms with Gasteiger partial charge in [0.1, 0.15) is 22.9 Å². The molecule has 0 spiro atoms. The Bertz CT molecular complexity index is 921. The number of aromatic nitrogens is 2. The van der Waals surface area contributed by atoms with Gasteiger partial charge in [-0.05, 0) is 65.5 Å². The van der Waals surface area contributed by atoms with Crippen molar-refractivity contribution in [2.24, 2.45) is 0 Å². The lowest BCUT2D eigenvalue weighted by Gasteiger charge is -2.13. The number of hydrogen-bond acceptors (Lipinski definition) is 4.